The first kappa shape index (κ1) is 9.37. The molecule has 0 aromatic rings. The zero-order valence-corrected chi connectivity index (χ0v) is 8.39. The molecule has 1 aliphatic rings. The number of hydrogen-bond acceptors (Lipinski definition) is 1. The molecule has 1 rings (SSSR count). The summed E-state index contributed by atoms with van der Waals surface area (Å²) >= 11 is 0. The van der Waals surface area contributed by atoms with Crippen LogP contribution in [0.3, 0.4) is 0 Å². The molecule has 68 valence electrons. The summed E-state index contributed by atoms with van der Waals surface area (Å²) in [7, 11) is 0. The minimum absolute atomic E-state index is 0.100. The summed E-state index contributed by atoms with van der Waals surface area (Å²) < 4.78 is 0. The first-order valence-electron chi connectivity index (χ1n) is 4.52. The molecule has 1 unspecified atom stereocenters. The van der Waals surface area contributed by atoms with Crippen molar-refractivity contribution in [3.05, 3.63) is 23.5 Å². The smallest absolute Gasteiger partial charge is 0.115 e. The van der Waals surface area contributed by atoms with Crippen molar-refractivity contribution in [1.82, 2.24) is 0 Å². The zero-order chi connectivity index (χ0) is 9.35. The summed E-state index contributed by atoms with van der Waals surface area (Å²) in [5, 5.41) is 9.62. The van der Waals surface area contributed by atoms with Crippen molar-refractivity contribution < 1.29 is 5.11 Å². The van der Waals surface area contributed by atoms with Gasteiger partial charge in [0, 0.05) is 0 Å². The number of allylic oxidation sites excluding steroid dienone is 3. The Labute approximate surface area is 74.8 Å². The topological polar surface area (TPSA) is 20.2 Å². The minimum Gasteiger partial charge on any atom is -0.508 e. The van der Waals surface area contributed by atoms with Crippen molar-refractivity contribution in [2.75, 3.05) is 0 Å². The van der Waals surface area contributed by atoms with Crippen LogP contribution >= 0.6 is 0 Å². The van der Waals surface area contributed by atoms with Gasteiger partial charge in [-0.05, 0) is 29.4 Å². The van der Waals surface area contributed by atoms with E-state index in [2.05, 4.69) is 33.8 Å². The molecule has 0 amide bonds. The van der Waals surface area contributed by atoms with Crippen LogP contribution in [0.2, 0.25) is 0 Å². The van der Waals surface area contributed by atoms with Crippen molar-refractivity contribution in [1.29, 1.82) is 0 Å². The largest absolute Gasteiger partial charge is 0.508 e. The van der Waals surface area contributed by atoms with Crippen LogP contribution in [0.25, 0.3) is 0 Å². The summed E-state index contributed by atoms with van der Waals surface area (Å²) in [6.45, 7) is 8.61. The fraction of sp³-hybridized carbons (Fsp3) is 0.636. The second-order valence-electron chi connectivity index (χ2n) is 4.65. The van der Waals surface area contributed by atoms with Gasteiger partial charge in [-0.15, -0.1) is 0 Å². The van der Waals surface area contributed by atoms with E-state index >= 15 is 0 Å². The van der Waals surface area contributed by atoms with Crippen molar-refractivity contribution in [3.63, 3.8) is 0 Å². The number of aliphatic hydroxyl groups excluding tert-OH is 1. The Morgan fingerprint density at radius 3 is 2.42 bits per heavy atom. The molecule has 0 saturated heterocycles. The highest BCUT2D eigenvalue weighted by Crippen LogP contribution is 2.35. The van der Waals surface area contributed by atoms with Crippen LogP contribution < -0.4 is 0 Å². The molecule has 1 nitrogen and oxygen atoms in total. The van der Waals surface area contributed by atoms with Gasteiger partial charge < -0.3 is 5.11 Å². The van der Waals surface area contributed by atoms with Gasteiger partial charge in [-0.3, -0.25) is 0 Å². The summed E-state index contributed by atoms with van der Waals surface area (Å²) in [4.78, 5) is 0. The first-order valence-corrected chi connectivity index (χ1v) is 4.52. The molecule has 1 N–H and O–H groups in total. The Hall–Kier alpha value is -0.720. The molecule has 1 heteroatoms. The lowest BCUT2D eigenvalue weighted by Crippen LogP contribution is -2.16. The van der Waals surface area contributed by atoms with Crippen molar-refractivity contribution in [3.8, 4) is 0 Å². The summed E-state index contributed by atoms with van der Waals surface area (Å²) in [5.74, 6) is 1.04. The normalized spacial score (nSPS) is 24.8. The number of aliphatic hydroxyl groups is 1. The Morgan fingerprint density at radius 2 is 2.00 bits per heavy atom. The molecule has 0 aliphatic heterocycles. The molecule has 0 aromatic heterocycles. The maximum atomic E-state index is 9.62. The maximum absolute atomic E-state index is 9.62. The Kier molecular flexibility index (Phi) is 2.31. The minimum atomic E-state index is 0.100. The lowest BCUT2D eigenvalue weighted by molar-refractivity contribution is 0.366. The van der Waals surface area contributed by atoms with Crippen LogP contribution in [0, 0.1) is 11.3 Å². The highest BCUT2D eigenvalue weighted by molar-refractivity contribution is 5.28. The van der Waals surface area contributed by atoms with E-state index < -0.39 is 0 Å². The lowest BCUT2D eigenvalue weighted by atomic mass is 9.78. The van der Waals surface area contributed by atoms with Crippen LogP contribution in [-0.4, -0.2) is 5.11 Å². The number of rotatable bonds is 0. The third-order valence-electron chi connectivity index (χ3n) is 2.32. The Balaban J connectivity index is 2.94. The molecule has 0 spiro atoms. The Morgan fingerprint density at radius 1 is 1.42 bits per heavy atom. The SMILES string of the molecule is CC1C=CC(O)=C(C(C)(C)C)C1. The van der Waals surface area contributed by atoms with E-state index in [0.717, 1.165) is 6.42 Å². The molecule has 0 heterocycles. The van der Waals surface area contributed by atoms with Crippen LogP contribution in [0.4, 0.5) is 0 Å². The summed E-state index contributed by atoms with van der Waals surface area (Å²) in [6.07, 6.45) is 4.88. The van der Waals surface area contributed by atoms with Gasteiger partial charge in [0.2, 0.25) is 0 Å². The van der Waals surface area contributed by atoms with Gasteiger partial charge in [0.25, 0.3) is 0 Å². The molecule has 1 atom stereocenters. The van der Waals surface area contributed by atoms with Crippen molar-refractivity contribution in [2.45, 2.75) is 34.1 Å². The van der Waals surface area contributed by atoms with Gasteiger partial charge in [-0.2, -0.15) is 0 Å². The van der Waals surface area contributed by atoms with Crippen LogP contribution in [-0.2, 0) is 0 Å². The Bertz CT molecular complexity index is 228. The van der Waals surface area contributed by atoms with Gasteiger partial charge in [-0.1, -0.05) is 33.8 Å². The molecule has 0 radical (unpaired) electrons. The van der Waals surface area contributed by atoms with E-state index in [9.17, 15) is 5.11 Å². The van der Waals surface area contributed by atoms with E-state index in [1.54, 1.807) is 0 Å². The third kappa shape index (κ3) is 1.90. The molecule has 12 heavy (non-hydrogen) atoms. The average Bonchev–Trinajstić information content (AvgIpc) is 1.92. The van der Waals surface area contributed by atoms with Crippen molar-refractivity contribution >= 4 is 0 Å². The quantitative estimate of drug-likeness (QED) is 0.584. The fourth-order valence-corrected chi connectivity index (χ4v) is 1.54. The van der Waals surface area contributed by atoms with Gasteiger partial charge in [0.15, 0.2) is 0 Å². The monoisotopic (exact) mass is 166 g/mol. The van der Waals surface area contributed by atoms with Crippen LogP contribution in [0.1, 0.15) is 34.1 Å². The highest BCUT2D eigenvalue weighted by atomic mass is 16.3. The molecular formula is C11H18O. The van der Waals surface area contributed by atoms with E-state index in [0.29, 0.717) is 11.7 Å². The highest BCUT2D eigenvalue weighted by Gasteiger charge is 2.23. The van der Waals surface area contributed by atoms with E-state index in [4.69, 9.17) is 0 Å². The van der Waals surface area contributed by atoms with E-state index in [1.807, 2.05) is 6.08 Å². The zero-order valence-electron chi connectivity index (χ0n) is 8.39. The first-order chi connectivity index (χ1) is 5.41. The van der Waals surface area contributed by atoms with Gasteiger partial charge in [0.1, 0.15) is 5.76 Å². The predicted octanol–water partition coefficient (Wildman–Crippen LogP) is 3.44. The molecule has 0 saturated carbocycles. The maximum Gasteiger partial charge on any atom is 0.115 e. The lowest BCUT2D eigenvalue weighted by Gasteiger charge is -2.27. The third-order valence-corrected chi connectivity index (χ3v) is 2.32. The second-order valence-corrected chi connectivity index (χ2v) is 4.65. The van der Waals surface area contributed by atoms with Gasteiger partial charge >= 0.3 is 0 Å². The molecule has 1 aliphatic carbocycles. The van der Waals surface area contributed by atoms with E-state index in [-0.39, 0.29) is 5.41 Å². The van der Waals surface area contributed by atoms with Gasteiger partial charge in [-0.25, -0.2) is 0 Å². The van der Waals surface area contributed by atoms with Crippen molar-refractivity contribution in [2.24, 2.45) is 11.3 Å². The molecule has 0 aromatic carbocycles. The van der Waals surface area contributed by atoms with E-state index in [1.165, 1.54) is 5.57 Å². The molecule has 0 bridgehead atoms. The molecule has 0 fully saturated rings. The predicted molar refractivity (Wildman–Crippen MR) is 52.0 cm³/mol. The average molecular weight is 166 g/mol. The van der Waals surface area contributed by atoms with Gasteiger partial charge in [0.05, 0.1) is 0 Å². The standard InChI is InChI=1S/C11H18O/c1-8-5-6-10(12)9(7-8)11(2,3)4/h5-6,8,12H,7H2,1-4H3. The van der Waals surface area contributed by atoms with Crippen LogP contribution in [0.15, 0.2) is 23.5 Å². The second kappa shape index (κ2) is 2.96. The number of hydrogen-bond donors (Lipinski definition) is 1. The summed E-state index contributed by atoms with van der Waals surface area (Å²) in [5.41, 5.74) is 1.28. The molecular weight excluding hydrogens is 148 g/mol. The summed E-state index contributed by atoms with van der Waals surface area (Å²) in [6, 6.07) is 0. The fourth-order valence-electron chi connectivity index (χ4n) is 1.54. The van der Waals surface area contributed by atoms with Crippen LogP contribution in [0.5, 0.6) is 0 Å².